The van der Waals surface area contributed by atoms with E-state index in [4.69, 9.17) is 5.11 Å². The fourth-order valence-corrected chi connectivity index (χ4v) is 4.48. The average molecular weight is 388 g/mol. The van der Waals surface area contributed by atoms with Crippen LogP contribution >= 0.6 is 0 Å². The Morgan fingerprint density at radius 1 is 1.25 bits per heavy atom. The second-order valence-corrected chi connectivity index (χ2v) is 7.99. The number of pyridine rings is 1. The Hall–Kier alpha value is -2.41. The van der Waals surface area contributed by atoms with E-state index in [0.717, 1.165) is 32.1 Å². The van der Waals surface area contributed by atoms with Crippen molar-refractivity contribution >= 4 is 22.6 Å². The molecule has 2 heterocycles. The van der Waals surface area contributed by atoms with Gasteiger partial charge in [-0.1, -0.05) is 0 Å². The summed E-state index contributed by atoms with van der Waals surface area (Å²) < 4.78 is 17.0. The molecular formula is C21H25FN2O4. The Labute approximate surface area is 162 Å². The first kappa shape index (κ1) is 18.9. The zero-order chi connectivity index (χ0) is 20.0. The van der Waals surface area contributed by atoms with Crippen molar-refractivity contribution in [3.05, 3.63) is 39.4 Å². The molecule has 7 heteroatoms. The van der Waals surface area contributed by atoms with Crippen LogP contribution in [0.1, 0.15) is 54.1 Å². The van der Waals surface area contributed by atoms with E-state index in [2.05, 4.69) is 0 Å². The highest BCUT2D eigenvalue weighted by molar-refractivity contribution is 5.95. The van der Waals surface area contributed by atoms with E-state index in [0.29, 0.717) is 35.8 Å². The van der Waals surface area contributed by atoms with Gasteiger partial charge in [0.25, 0.3) is 0 Å². The molecule has 0 bridgehead atoms. The van der Waals surface area contributed by atoms with E-state index in [1.54, 1.807) is 0 Å². The van der Waals surface area contributed by atoms with E-state index in [-0.39, 0.29) is 23.6 Å². The van der Waals surface area contributed by atoms with Gasteiger partial charge in [0.15, 0.2) is 0 Å². The van der Waals surface area contributed by atoms with Crippen molar-refractivity contribution in [2.45, 2.75) is 45.1 Å². The first-order chi connectivity index (χ1) is 13.4. The van der Waals surface area contributed by atoms with Crippen LogP contribution in [0, 0.1) is 18.7 Å². The molecule has 0 spiro atoms. The number of aryl methyl sites for hydroxylation is 1. The number of rotatable bonds is 5. The summed E-state index contributed by atoms with van der Waals surface area (Å²) in [5.41, 5.74) is 0.903. The first-order valence-corrected chi connectivity index (χ1v) is 9.89. The molecule has 2 fully saturated rings. The Bertz CT molecular complexity index is 988. The summed E-state index contributed by atoms with van der Waals surface area (Å²) in [5, 5.41) is 18.7. The molecule has 0 atom stereocenters. The van der Waals surface area contributed by atoms with Crippen molar-refractivity contribution in [3.8, 4) is 0 Å². The molecule has 2 N–H and O–H groups in total. The number of halogens is 1. The number of aromatic nitrogens is 1. The molecule has 0 amide bonds. The van der Waals surface area contributed by atoms with Crippen LogP contribution in [0.4, 0.5) is 10.1 Å². The number of piperidine rings is 1. The van der Waals surface area contributed by atoms with Gasteiger partial charge >= 0.3 is 5.97 Å². The van der Waals surface area contributed by atoms with E-state index < -0.39 is 17.2 Å². The number of anilines is 1. The Kier molecular flexibility index (Phi) is 4.87. The minimum atomic E-state index is -1.28. The summed E-state index contributed by atoms with van der Waals surface area (Å²) in [5.74, 6) is -1.31. The van der Waals surface area contributed by atoms with Gasteiger partial charge in [0.05, 0.1) is 11.2 Å². The summed E-state index contributed by atoms with van der Waals surface area (Å²) in [6.45, 7) is 3.40. The van der Waals surface area contributed by atoms with Gasteiger partial charge in [-0.25, -0.2) is 9.18 Å². The quantitative estimate of drug-likeness (QED) is 0.823. The highest BCUT2D eigenvalue weighted by Gasteiger charge is 2.30. The molecule has 28 heavy (non-hydrogen) atoms. The minimum Gasteiger partial charge on any atom is -0.477 e. The van der Waals surface area contributed by atoms with Crippen molar-refractivity contribution in [2.75, 3.05) is 24.6 Å². The molecule has 2 aliphatic rings. The van der Waals surface area contributed by atoms with Gasteiger partial charge in [-0.2, -0.15) is 0 Å². The Morgan fingerprint density at radius 3 is 2.50 bits per heavy atom. The lowest BCUT2D eigenvalue weighted by Gasteiger charge is -2.35. The van der Waals surface area contributed by atoms with Crippen LogP contribution in [0.15, 0.2) is 17.1 Å². The van der Waals surface area contributed by atoms with Gasteiger partial charge in [0.1, 0.15) is 11.4 Å². The molecule has 4 rings (SSSR count). The number of benzene rings is 1. The molecule has 1 saturated carbocycles. The van der Waals surface area contributed by atoms with Crippen molar-refractivity contribution in [2.24, 2.45) is 5.92 Å². The van der Waals surface area contributed by atoms with Crippen LogP contribution in [0.5, 0.6) is 0 Å². The van der Waals surface area contributed by atoms with E-state index in [9.17, 15) is 14.7 Å². The number of hydrogen-bond acceptors (Lipinski definition) is 4. The van der Waals surface area contributed by atoms with Crippen LogP contribution in [-0.2, 0) is 0 Å². The maximum atomic E-state index is 15.1. The minimum absolute atomic E-state index is 0.140. The lowest BCUT2D eigenvalue weighted by Crippen LogP contribution is -2.35. The van der Waals surface area contributed by atoms with Crippen LogP contribution in [-0.4, -0.2) is 40.4 Å². The highest BCUT2D eigenvalue weighted by atomic mass is 19.1. The van der Waals surface area contributed by atoms with Crippen LogP contribution in [0.2, 0.25) is 0 Å². The standard InChI is InChI=1S/C21H25FN2O4/c1-12-18-15(20(26)16(21(27)28)11-24(18)14-2-3-14)10-17(22)19(12)23-7-4-13(5-8-23)6-9-25/h10-11,13-14,25H,2-9H2,1H3,(H,27,28). The average Bonchev–Trinajstić information content (AvgIpc) is 3.49. The summed E-state index contributed by atoms with van der Waals surface area (Å²) in [6, 6.07) is 1.37. The summed E-state index contributed by atoms with van der Waals surface area (Å²) in [4.78, 5) is 26.2. The molecule has 1 aromatic carbocycles. The molecule has 2 aromatic rings. The van der Waals surface area contributed by atoms with Crippen LogP contribution in [0.25, 0.3) is 10.9 Å². The van der Waals surface area contributed by atoms with Gasteiger partial charge < -0.3 is 19.7 Å². The van der Waals surface area contributed by atoms with Gasteiger partial charge in [-0.15, -0.1) is 0 Å². The topological polar surface area (TPSA) is 82.8 Å². The van der Waals surface area contributed by atoms with E-state index in [1.165, 1.54) is 12.3 Å². The lowest BCUT2D eigenvalue weighted by atomic mass is 9.93. The molecule has 1 aliphatic carbocycles. The second kappa shape index (κ2) is 7.20. The maximum absolute atomic E-state index is 15.1. The van der Waals surface area contributed by atoms with E-state index in [1.807, 2.05) is 16.4 Å². The van der Waals surface area contributed by atoms with Crippen molar-refractivity contribution in [1.82, 2.24) is 4.57 Å². The Balaban J connectivity index is 1.84. The molecule has 1 saturated heterocycles. The number of hydrogen-bond donors (Lipinski definition) is 2. The number of carboxylic acid groups (broad SMARTS) is 1. The number of nitrogens with zero attached hydrogens (tertiary/aromatic N) is 2. The third-order valence-electron chi connectivity index (χ3n) is 6.12. The predicted molar refractivity (Wildman–Crippen MR) is 105 cm³/mol. The summed E-state index contributed by atoms with van der Waals surface area (Å²) >= 11 is 0. The number of aliphatic hydroxyl groups excluding tert-OH is 1. The lowest BCUT2D eigenvalue weighted by molar-refractivity contribution is 0.0695. The SMILES string of the molecule is Cc1c(N2CCC(CCO)CC2)c(F)cc2c(=O)c(C(=O)O)cn(C3CC3)c12. The predicted octanol–water partition coefficient (Wildman–Crippen LogP) is 3.08. The largest absolute Gasteiger partial charge is 0.477 e. The number of carboxylic acids is 1. The molecule has 6 nitrogen and oxygen atoms in total. The zero-order valence-corrected chi connectivity index (χ0v) is 15.9. The van der Waals surface area contributed by atoms with Crippen LogP contribution < -0.4 is 10.3 Å². The van der Waals surface area contributed by atoms with Gasteiger partial charge in [0, 0.05) is 37.3 Å². The smallest absolute Gasteiger partial charge is 0.341 e. The fourth-order valence-electron chi connectivity index (χ4n) is 4.48. The normalized spacial score (nSPS) is 18.0. The monoisotopic (exact) mass is 388 g/mol. The number of fused-ring (bicyclic) bond motifs is 1. The number of carbonyl (C=O) groups is 1. The molecule has 150 valence electrons. The third-order valence-corrected chi connectivity index (χ3v) is 6.12. The summed E-state index contributed by atoms with van der Waals surface area (Å²) in [6.07, 6.45) is 5.83. The number of aromatic carboxylic acids is 1. The summed E-state index contributed by atoms with van der Waals surface area (Å²) in [7, 11) is 0. The molecule has 0 unspecified atom stereocenters. The van der Waals surface area contributed by atoms with Crippen molar-refractivity contribution in [1.29, 1.82) is 0 Å². The molecule has 0 radical (unpaired) electrons. The maximum Gasteiger partial charge on any atom is 0.341 e. The van der Waals surface area contributed by atoms with Gasteiger partial charge in [0.2, 0.25) is 5.43 Å². The second-order valence-electron chi connectivity index (χ2n) is 7.99. The van der Waals surface area contributed by atoms with Gasteiger partial charge in [-0.3, -0.25) is 4.79 Å². The molecular weight excluding hydrogens is 363 g/mol. The van der Waals surface area contributed by atoms with Crippen molar-refractivity contribution < 1.29 is 19.4 Å². The fraction of sp³-hybridized carbons (Fsp3) is 0.524. The molecule has 1 aliphatic heterocycles. The Morgan fingerprint density at radius 2 is 1.93 bits per heavy atom. The first-order valence-electron chi connectivity index (χ1n) is 9.89. The van der Waals surface area contributed by atoms with Crippen molar-refractivity contribution in [3.63, 3.8) is 0 Å². The van der Waals surface area contributed by atoms with E-state index >= 15 is 4.39 Å². The third kappa shape index (κ3) is 3.17. The van der Waals surface area contributed by atoms with Gasteiger partial charge in [-0.05, 0) is 56.6 Å². The highest BCUT2D eigenvalue weighted by Crippen LogP contribution is 2.40. The molecule has 1 aromatic heterocycles. The zero-order valence-electron chi connectivity index (χ0n) is 15.9. The van der Waals surface area contributed by atoms with Crippen LogP contribution in [0.3, 0.4) is 0 Å². The number of aliphatic hydroxyl groups is 1.